The van der Waals surface area contributed by atoms with E-state index in [-0.39, 0.29) is 5.91 Å². The van der Waals surface area contributed by atoms with Crippen molar-refractivity contribution in [2.75, 3.05) is 11.9 Å². The number of benzene rings is 1. The van der Waals surface area contributed by atoms with Crippen LogP contribution in [-0.4, -0.2) is 12.5 Å². The minimum Gasteiger partial charge on any atom is -0.493 e. The van der Waals surface area contributed by atoms with Crippen LogP contribution in [0.1, 0.15) is 15.9 Å². The number of ether oxygens (including phenoxy) is 1. The van der Waals surface area contributed by atoms with E-state index in [4.69, 9.17) is 4.74 Å². The quantitative estimate of drug-likeness (QED) is 0.821. The van der Waals surface area contributed by atoms with Crippen LogP contribution in [0.3, 0.4) is 0 Å². The smallest absolute Gasteiger partial charge is 0.256 e. The summed E-state index contributed by atoms with van der Waals surface area (Å²) in [4.78, 5) is 12.0. The van der Waals surface area contributed by atoms with E-state index in [2.05, 4.69) is 27.9 Å². The normalized spacial score (nSPS) is 12.9. The van der Waals surface area contributed by atoms with Crippen molar-refractivity contribution in [3.05, 3.63) is 43.7 Å². The van der Waals surface area contributed by atoms with Crippen molar-refractivity contribution in [3.8, 4) is 5.75 Å². The van der Waals surface area contributed by atoms with E-state index in [1.807, 2.05) is 29.6 Å². The van der Waals surface area contributed by atoms with Gasteiger partial charge in [0.15, 0.2) is 0 Å². The molecule has 0 atom stereocenters. The van der Waals surface area contributed by atoms with Gasteiger partial charge in [0.05, 0.1) is 15.1 Å². The molecule has 1 aliphatic heterocycles. The van der Waals surface area contributed by atoms with E-state index >= 15 is 0 Å². The Morgan fingerprint density at radius 2 is 2.28 bits per heavy atom. The average molecular weight is 371 g/mol. The van der Waals surface area contributed by atoms with Crippen LogP contribution < -0.4 is 10.1 Å². The standard InChI is InChI=1S/C13H10INO2S/c14-12-6-9(7-18-12)13(16)15-10-1-2-11-8(5-10)3-4-17-11/h1-2,5-7H,3-4H2,(H,15,16). The number of rotatable bonds is 2. The first-order chi connectivity index (χ1) is 8.72. The van der Waals surface area contributed by atoms with Crippen molar-refractivity contribution >= 4 is 45.5 Å². The second kappa shape index (κ2) is 4.89. The molecule has 1 aliphatic rings. The maximum absolute atomic E-state index is 12.0. The fourth-order valence-corrected chi connectivity index (χ4v) is 3.22. The van der Waals surface area contributed by atoms with Gasteiger partial charge in [0, 0.05) is 17.5 Å². The number of thiophene rings is 1. The summed E-state index contributed by atoms with van der Waals surface area (Å²) < 4.78 is 6.55. The third-order valence-corrected chi connectivity index (χ3v) is 4.57. The van der Waals surface area contributed by atoms with Crippen LogP contribution >= 0.6 is 33.9 Å². The lowest BCUT2D eigenvalue weighted by atomic mass is 10.1. The molecule has 0 unspecified atom stereocenters. The largest absolute Gasteiger partial charge is 0.493 e. The number of hydrogen-bond donors (Lipinski definition) is 1. The van der Waals surface area contributed by atoms with Gasteiger partial charge in [0.2, 0.25) is 0 Å². The lowest BCUT2D eigenvalue weighted by molar-refractivity contribution is 0.102. The SMILES string of the molecule is O=C(Nc1ccc2c(c1)CCO2)c1csc(I)c1. The highest BCUT2D eigenvalue weighted by molar-refractivity contribution is 14.1. The van der Waals surface area contributed by atoms with Crippen LogP contribution in [0.5, 0.6) is 5.75 Å². The Bertz CT molecular complexity index is 609. The molecule has 18 heavy (non-hydrogen) atoms. The van der Waals surface area contributed by atoms with Crippen LogP contribution in [0, 0.1) is 2.88 Å². The molecular weight excluding hydrogens is 361 g/mol. The van der Waals surface area contributed by atoms with Crippen molar-refractivity contribution in [1.29, 1.82) is 0 Å². The topological polar surface area (TPSA) is 38.3 Å². The Morgan fingerprint density at radius 3 is 3.06 bits per heavy atom. The summed E-state index contributed by atoms with van der Waals surface area (Å²) in [6, 6.07) is 7.66. The summed E-state index contributed by atoms with van der Waals surface area (Å²) in [5, 5.41) is 4.78. The minimum absolute atomic E-state index is 0.0620. The monoisotopic (exact) mass is 371 g/mol. The van der Waals surface area contributed by atoms with E-state index in [1.54, 1.807) is 11.3 Å². The Balaban J connectivity index is 1.78. The van der Waals surface area contributed by atoms with Gasteiger partial charge in [-0.1, -0.05) is 0 Å². The van der Waals surface area contributed by atoms with E-state index in [0.29, 0.717) is 5.56 Å². The number of halogens is 1. The Kier molecular flexibility index (Phi) is 3.25. The van der Waals surface area contributed by atoms with E-state index in [1.165, 1.54) is 0 Å². The van der Waals surface area contributed by atoms with Gasteiger partial charge in [-0.2, -0.15) is 0 Å². The summed E-state index contributed by atoms with van der Waals surface area (Å²) in [7, 11) is 0. The summed E-state index contributed by atoms with van der Waals surface area (Å²) in [5.41, 5.74) is 2.69. The first-order valence-electron chi connectivity index (χ1n) is 5.53. The fourth-order valence-electron chi connectivity index (χ4n) is 1.90. The molecule has 1 amide bonds. The molecule has 0 saturated heterocycles. The molecule has 0 bridgehead atoms. The zero-order valence-corrected chi connectivity index (χ0v) is 12.4. The molecule has 3 rings (SSSR count). The molecule has 0 saturated carbocycles. The number of fused-ring (bicyclic) bond motifs is 1. The van der Waals surface area contributed by atoms with Crippen LogP contribution in [-0.2, 0) is 6.42 Å². The average Bonchev–Trinajstić information content (AvgIpc) is 2.96. The molecule has 5 heteroatoms. The summed E-state index contributed by atoms with van der Waals surface area (Å²) in [6.45, 7) is 0.732. The van der Waals surface area contributed by atoms with Crippen LogP contribution in [0.15, 0.2) is 29.6 Å². The van der Waals surface area contributed by atoms with Crippen LogP contribution in [0.4, 0.5) is 5.69 Å². The lowest BCUT2D eigenvalue weighted by Crippen LogP contribution is -2.10. The highest BCUT2D eigenvalue weighted by Crippen LogP contribution is 2.28. The van der Waals surface area contributed by atoms with Crippen molar-refractivity contribution in [1.82, 2.24) is 0 Å². The molecule has 0 aliphatic carbocycles. The predicted octanol–water partition coefficient (Wildman–Crippen LogP) is 3.54. The van der Waals surface area contributed by atoms with Gasteiger partial charge < -0.3 is 10.1 Å². The van der Waals surface area contributed by atoms with Gasteiger partial charge >= 0.3 is 0 Å². The first kappa shape index (κ1) is 12.0. The molecule has 0 spiro atoms. The van der Waals surface area contributed by atoms with Crippen molar-refractivity contribution < 1.29 is 9.53 Å². The van der Waals surface area contributed by atoms with Crippen LogP contribution in [0.2, 0.25) is 0 Å². The Labute approximate surface area is 122 Å². The molecule has 92 valence electrons. The molecule has 0 radical (unpaired) electrons. The van der Waals surface area contributed by atoms with Crippen molar-refractivity contribution in [2.45, 2.75) is 6.42 Å². The second-order valence-electron chi connectivity index (χ2n) is 4.01. The number of carbonyl (C=O) groups excluding carboxylic acids is 1. The zero-order valence-electron chi connectivity index (χ0n) is 9.40. The Morgan fingerprint density at radius 1 is 1.39 bits per heavy atom. The summed E-state index contributed by atoms with van der Waals surface area (Å²) in [5.74, 6) is 0.867. The number of anilines is 1. The lowest BCUT2D eigenvalue weighted by Gasteiger charge is -2.05. The van der Waals surface area contributed by atoms with E-state index in [0.717, 1.165) is 32.9 Å². The predicted molar refractivity (Wildman–Crippen MR) is 80.6 cm³/mol. The molecule has 2 aromatic rings. The summed E-state index contributed by atoms with van der Waals surface area (Å²) in [6.07, 6.45) is 0.912. The van der Waals surface area contributed by atoms with Gasteiger partial charge in [-0.25, -0.2) is 0 Å². The maximum Gasteiger partial charge on any atom is 0.256 e. The third-order valence-electron chi connectivity index (χ3n) is 2.78. The highest BCUT2D eigenvalue weighted by Gasteiger charge is 2.14. The van der Waals surface area contributed by atoms with Gasteiger partial charge in [-0.15, -0.1) is 11.3 Å². The molecular formula is C13H10INO2S. The molecule has 0 fully saturated rings. The van der Waals surface area contributed by atoms with Gasteiger partial charge in [-0.3, -0.25) is 4.79 Å². The highest BCUT2D eigenvalue weighted by atomic mass is 127. The van der Waals surface area contributed by atoms with E-state index in [9.17, 15) is 4.79 Å². The number of carbonyl (C=O) groups is 1. The minimum atomic E-state index is -0.0620. The van der Waals surface area contributed by atoms with Gasteiger partial charge in [-0.05, 0) is 52.4 Å². The van der Waals surface area contributed by atoms with Crippen molar-refractivity contribution in [2.24, 2.45) is 0 Å². The van der Waals surface area contributed by atoms with E-state index < -0.39 is 0 Å². The van der Waals surface area contributed by atoms with Crippen molar-refractivity contribution in [3.63, 3.8) is 0 Å². The molecule has 1 aromatic carbocycles. The third kappa shape index (κ3) is 2.37. The molecule has 3 nitrogen and oxygen atoms in total. The fraction of sp³-hybridized carbons (Fsp3) is 0.154. The summed E-state index contributed by atoms with van der Waals surface area (Å²) >= 11 is 3.78. The number of nitrogens with one attached hydrogen (secondary N) is 1. The zero-order chi connectivity index (χ0) is 12.5. The van der Waals surface area contributed by atoms with Gasteiger partial charge in [0.1, 0.15) is 5.75 Å². The molecule has 1 N–H and O–H groups in total. The Hall–Kier alpha value is -1.08. The number of amides is 1. The molecule has 2 heterocycles. The first-order valence-corrected chi connectivity index (χ1v) is 7.49. The number of hydrogen-bond acceptors (Lipinski definition) is 3. The maximum atomic E-state index is 12.0. The van der Waals surface area contributed by atoms with Crippen LogP contribution in [0.25, 0.3) is 0 Å². The second-order valence-corrected chi connectivity index (χ2v) is 6.82. The molecule has 1 aromatic heterocycles. The van der Waals surface area contributed by atoms with Gasteiger partial charge in [0.25, 0.3) is 5.91 Å².